The molecule has 2 N–H and O–H groups in total. The number of rotatable bonds is 4. The Morgan fingerprint density at radius 3 is 2.65 bits per heavy atom. The second-order valence-electron chi connectivity index (χ2n) is 4.66. The lowest BCUT2D eigenvalue weighted by molar-refractivity contribution is 0.121. The van der Waals surface area contributed by atoms with Crippen LogP contribution in [0, 0.1) is 11.7 Å². The molecule has 1 aliphatic heterocycles. The van der Waals surface area contributed by atoms with Gasteiger partial charge in [-0.25, -0.2) is 4.39 Å². The summed E-state index contributed by atoms with van der Waals surface area (Å²) in [5.41, 5.74) is 0.735. The molecule has 0 saturated carbocycles. The van der Waals surface area contributed by atoms with Gasteiger partial charge in [0.15, 0.2) is 0 Å². The van der Waals surface area contributed by atoms with E-state index in [2.05, 4.69) is 4.90 Å². The summed E-state index contributed by atoms with van der Waals surface area (Å²) < 4.78 is 12.7. The Morgan fingerprint density at radius 1 is 1.35 bits per heavy atom. The average Bonchev–Trinajstić information content (AvgIpc) is 2.77. The third kappa shape index (κ3) is 3.25. The van der Waals surface area contributed by atoms with E-state index in [1.54, 1.807) is 12.1 Å². The highest BCUT2D eigenvalue weighted by molar-refractivity contribution is 5.18. The first-order chi connectivity index (χ1) is 8.19. The molecule has 1 aromatic carbocycles. The lowest BCUT2D eigenvalue weighted by atomic mass is 10.1. The molecule has 3 nitrogen and oxygen atoms in total. The smallest absolute Gasteiger partial charge is 0.123 e. The van der Waals surface area contributed by atoms with Gasteiger partial charge >= 0.3 is 0 Å². The molecule has 0 spiro atoms. The summed E-state index contributed by atoms with van der Waals surface area (Å²) in [5.74, 6) is 0.0397. The zero-order valence-electron chi connectivity index (χ0n) is 9.72. The standard InChI is InChI=1S/C13H18FNO2/c14-12-3-1-11(2-4-12)13(17)8-15-6-5-10(7-15)9-16/h1-4,10,13,16-17H,5-9H2. The Morgan fingerprint density at radius 2 is 2.06 bits per heavy atom. The van der Waals surface area contributed by atoms with Crippen LogP contribution in [-0.2, 0) is 0 Å². The lowest BCUT2D eigenvalue weighted by Gasteiger charge is -2.20. The van der Waals surface area contributed by atoms with E-state index in [0.29, 0.717) is 12.5 Å². The van der Waals surface area contributed by atoms with Crippen molar-refractivity contribution in [1.82, 2.24) is 4.90 Å². The van der Waals surface area contributed by atoms with Gasteiger partial charge in [-0.05, 0) is 36.6 Å². The van der Waals surface area contributed by atoms with E-state index in [-0.39, 0.29) is 12.4 Å². The lowest BCUT2D eigenvalue weighted by Crippen LogP contribution is -2.27. The van der Waals surface area contributed by atoms with Gasteiger partial charge in [-0.15, -0.1) is 0 Å². The summed E-state index contributed by atoms with van der Waals surface area (Å²) in [6, 6.07) is 5.94. The Labute approximate surface area is 100 Å². The van der Waals surface area contributed by atoms with Crippen molar-refractivity contribution in [3.05, 3.63) is 35.6 Å². The molecule has 1 heterocycles. The second-order valence-corrected chi connectivity index (χ2v) is 4.66. The van der Waals surface area contributed by atoms with Crippen LogP contribution in [0.2, 0.25) is 0 Å². The molecule has 2 rings (SSSR count). The monoisotopic (exact) mass is 239 g/mol. The van der Waals surface area contributed by atoms with Crippen molar-refractivity contribution in [3.63, 3.8) is 0 Å². The first-order valence-corrected chi connectivity index (χ1v) is 5.96. The van der Waals surface area contributed by atoms with E-state index < -0.39 is 6.10 Å². The molecule has 1 aromatic rings. The fourth-order valence-electron chi connectivity index (χ4n) is 2.26. The number of aliphatic hydroxyl groups is 2. The quantitative estimate of drug-likeness (QED) is 0.829. The van der Waals surface area contributed by atoms with E-state index in [9.17, 15) is 9.50 Å². The number of nitrogens with zero attached hydrogens (tertiary/aromatic N) is 1. The predicted octanol–water partition coefficient (Wildman–Crippen LogP) is 1.17. The molecule has 2 unspecified atom stereocenters. The van der Waals surface area contributed by atoms with Crippen molar-refractivity contribution in [2.45, 2.75) is 12.5 Å². The molecule has 0 aromatic heterocycles. The average molecular weight is 239 g/mol. The van der Waals surface area contributed by atoms with Crippen LogP contribution in [0.25, 0.3) is 0 Å². The summed E-state index contributed by atoms with van der Waals surface area (Å²) in [4.78, 5) is 2.13. The maximum atomic E-state index is 12.7. The summed E-state index contributed by atoms with van der Waals surface area (Å²) in [7, 11) is 0. The number of benzene rings is 1. The van der Waals surface area contributed by atoms with Crippen LogP contribution in [0.5, 0.6) is 0 Å². The van der Waals surface area contributed by atoms with E-state index in [0.717, 1.165) is 25.1 Å². The zero-order chi connectivity index (χ0) is 12.3. The normalized spacial score (nSPS) is 22.9. The first kappa shape index (κ1) is 12.5. The van der Waals surface area contributed by atoms with Crippen LogP contribution < -0.4 is 0 Å². The van der Waals surface area contributed by atoms with Crippen molar-refractivity contribution >= 4 is 0 Å². The van der Waals surface area contributed by atoms with Gasteiger partial charge in [0.2, 0.25) is 0 Å². The molecule has 17 heavy (non-hydrogen) atoms. The van der Waals surface area contributed by atoms with Crippen molar-refractivity contribution in [1.29, 1.82) is 0 Å². The highest BCUT2D eigenvalue weighted by Gasteiger charge is 2.23. The van der Waals surface area contributed by atoms with Crippen molar-refractivity contribution in [2.75, 3.05) is 26.2 Å². The van der Waals surface area contributed by atoms with E-state index in [1.807, 2.05) is 0 Å². The largest absolute Gasteiger partial charge is 0.396 e. The molecule has 2 atom stereocenters. The molecule has 0 bridgehead atoms. The zero-order valence-corrected chi connectivity index (χ0v) is 9.72. The minimum Gasteiger partial charge on any atom is -0.396 e. The van der Waals surface area contributed by atoms with Crippen LogP contribution in [0.1, 0.15) is 18.1 Å². The molecular weight excluding hydrogens is 221 g/mol. The van der Waals surface area contributed by atoms with Crippen LogP contribution in [-0.4, -0.2) is 41.4 Å². The van der Waals surface area contributed by atoms with Gasteiger partial charge in [0.1, 0.15) is 5.82 Å². The minimum absolute atomic E-state index is 0.211. The molecule has 0 radical (unpaired) electrons. The predicted molar refractivity (Wildman–Crippen MR) is 63.0 cm³/mol. The van der Waals surface area contributed by atoms with Gasteiger partial charge in [-0.1, -0.05) is 12.1 Å². The SMILES string of the molecule is OCC1CCN(CC(O)c2ccc(F)cc2)C1. The van der Waals surface area contributed by atoms with Crippen molar-refractivity contribution < 1.29 is 14.6 Å². The van der Waals surface area contributed by atoms with Gasteiger partial charge in [-0.2, -0.15) is 0 Å². The van der Waals surface area contributed by atoms with Crippen molar-refractivity contribution in [2.24, 2.45) is 5.92 Å². The fraction of sp³-hybridized carbons (Fsp3) is 0.538. The third-order valence-electron chi connectivity index (χ3n) is 3.31. The summed E-state index contributed by atoms with van der Waals surface area (Å²) in [6.07, 6.45) is 0.389. The Kier molecular flexibility index (Phi) is 4.10. The summed E-state index contributed by atoms with van der Waals surface area (Å²) in [5, 5.41) is 19.0. The topological polar surface area (TPSA) is 43.7 Å². The molecule has 0 amide bonds. The third-order valence-corrected chi connectivity index (χ3v) is 3.31. The van der Waals surface area contributed by atoms with E-state index >= 15 is 0 Å². The molecule has 1 saturated heterocycles. The highest BCUT2D eigenvalue weighted by atomic mass is 19.1. The van der Waals surface area contributed by atoms with E-state index in [4.69, 9.17) is 5.11 Å². The fourth-order valence-corrected chi connectivity index (χ4v) is 2.26. The van der Waals surface area contributed by atoms with E-state index in [1.165, 1.54) is 12.1 Å². The van der Waals surface area contributed by atoms with Crippen LogP contribution >= 0.6 is 0 Å². The molecule has 4 heteroatoms. The van der Waals surface area contributed by atoms with Crippen LogP contribution in [0.3, 0.4) is 0 Å². The summed E-state index contributed by atoms with van der Waals surface area (Å²) >= 11 is 0. The number of aliphatic hydroxyl groups excluding tert-OH is 2. The maximum absolute atomic E-state index is 12.7. The minimum atomic E-state index is -0.590. The first-order valence-electron chi connectivity index (χ1n) is 5.96. The highest BCUT2D eigenvalue weighted by Crippen LogP contribution is 2.20. The van der Waals surface area contributed by atoms with Gasteiger partial charge in [0.25, 0.3) is 0 Å². The summed E-state index contributed by atoms with van der Waals surface area (Å²) in [6.45, 7) is 2.49. The molecule has 1 fully saturated rings. The Balaban J connectivity index is 1.89. The number of hydrogen-bond acceptors (Lipinski definition) is 3. The van der Waals surface area contributed by atoms with Gasteiger partial charge in [0.05, 0.1) is 6.10 Å². The van der Waals surface area contributed by atoms with Gasteiger partial charge < -0.3 is 15.1 Å². The van der Waals surface area contributed by atoms with Gasteiger partial charge in [0, 0.05) is 19.7 Å². The molecule has 1 aliphatic rings. The maximum Gasteiger partial charge on any atom is 0.123 e. The Hall–Kier alpha value is -0.970. The number of likely N-dealkylation sites (tertiary alicyclic amines) is 1. The number of halogens is 1. The molecular formula is C13H18FNO2. The second kappa shape index (κ2) is 5.58. The Bertz CT molecular complexity index is 355. The molecule has 94 valence electrons. The number of β-amino-alcohol motifs (C(OH)–C–C–N with tert-alkyl or cyclic N) is 1. The van der Waals surface area contributed by atoms with Crippen LogP contribution in [0.15, 0.2) is 24.3 Å². The van der Waals surface area contributed by atoms with Crippen LogP contribution in [0.4, 0.5) is 4.39 Å². The molecule has 0 aliphatic carbocycles. The van der Waals surface area contributed by atoms with Crippen molar-refractivity contribution in [3.8, 4) is 0 Å². The number of hydrogen-bond donors (Lipinski definition) is 2. The van der Waals surface area contributed by atoms with Gasteiger partial charge in [-0.3, -0.25) is 0 Å².